The lowest BCUT2D eigenvalue weighted by atomic mass is 10.1. The molecular formula is C12H12F3N3O. The van der Waals surface area contributed by atoms with Crippen LogP contribution < -0.4 is 0 Å². The molecular weight excluding hydrogens is 259 g/mol. The fraction of sp³-hybridized carbons (Fsp3) is 0.333. The van der Waals surface area contributed by atoms with E-state index in [0.717, 1.165) is 12.1 Å². The molecule has 1 aromatic carbocycles. The Morgan fingerprint density at radius 3 is 2.53 bits per heavy atom. The Morgan fingerprint density at radius 2 is 2.00 bits per heavy atom. The summed E-state index contributed by atoms with van der Waals surface area (Å²) in [6.07, 6.45) is -3.82. The Labute approximate surface area is 107 Å². The van der Waals surface area contributed by atoms with Crippen LogP contribution in [0.15, 0.2) is 24.4 Å². The third-order valence-corrected chi connectivity index (χ3v) is 2.72. The van der Waals surface area contributed by atoms with Crippen LogP contribution in [0.5, 0.6) is 0 Å². The number of hydrogen-bond donors (Lipinski definition) is 1. The van der Waals surface area contributed by atoms with Gasteiger partial charge in [-0.05, 0) is 31.5 Å². The Hall–Kier alpha value is -1.89. The van der Waals surface area contributed by atoms with Gasteiger partial charge < -0.3 is 5.11 Å². The van der Waals surface area contributed by atoms with E-state index in [2.05, 4.69) is 10.3 Å². The minimum atomic E-state index is -4.41. The van der Waals surface area contributed by atoms with Crippen LogP contribution in [0.1, 0.15) is 29.8 Å². The molecule has 0 fully saturated rings. The smallest absolute Gasteiger partial charge is 0.387 e. The number of aromatic nitrogens is 3. The summed E-state index contributed by atoms with van der Waals surface area (Å²) < 4.78 is 39.2. The highest BCUT2D eigenvalue weighted by molar-refractivity contribution is 5.43. The van der Waals surface area contributed by atoms with Crippen LogP contribution in [-0.2, 0) is 6.18 Å². The van der Waals surface area contributed by atoms with Gasteiger partial charge in [0.15, 0.2) is 0 Å². The second kappa shape index (κ2) is 4.65. The predicted molar refractivity (Wildman–Crippen MR) is 61.7 cm³/mol. The molecule has 7 heteroatoms. The number of hydrogen-bond acceptors (Lipinski definition) is 3. The van der Waals surface area contributed by atoms with Gasteiger partial charge in [0.25, 0.3) is 0 Å². The van der Waals surface area contributed by atoms with Crippen molar-refractivity contribution in [2.75, 3.05) is 0 Å². The van der Waals surface area contributed by atoms with Crippen molar-refractivity contribution in [3.05, 3.63) is 41.2 Å². The van der Waals surface area contributed by atoms with Gasteiger partial charge in [0.2, 0.25) is 0 Å². The van der Waals surface area contributed by atoms with Crippen LogP contribution in [-0.4, -0.2) is 20.1 Å². The fourth-order valence-electron chi connectivity index (χ4n) is 1.62. The minimum Gasteiger partial charge on any atom is -0.387 e. The maximum Gasteiger partial charge on any atom is 0.416 e. The number of aliphatic hydroxyl groups is 1. The molecule has 2 aromatic rings. The van der Waals surface area contributed by atoms with Crippen LogP contribution in [0, 0.1) is 6.92 Å². The zero-order valence-corrected chi connectivity index (χ0v) is 10.3. The monoisotopic (exact) mass is 271 g/mol. The lowest BCUT2D eigenvalue weighted by Gasteiger charge is -2.10. The van der Waals surface area contributed by atoms with Crippen LogP contribution >= 0.6 is 0 Å². The number of alkyl halides is 3. The molecule has 2 rings (SSSR count). The van der Waals surface area contributed by atoms with Crippen LogP contribution in [0.2, 0.25) is 0 Å². The molecule has 1 N–H and O–H groups in total. The Kier molecular flexibility index (Phi) is 3.32. The lowest BCUT2D eigenvalue weighted by Crippen LogP contribution is -2.07. The average Bonchev–Trinajstić information content (AvgIpc) is 2.77. The molecule has 102 valence electrons. The second-order valence-corrected chi connectivity index (χ2v) is 4.26. The van der Waals surface area contributed by atoms with Gasteiger partial charge in [-0.3, -0.25) is 0 Å². The van der Waals surface area contributed by atoms with E-state index in [1.54, 1.807) is 6.92 Å². The molecule has 0 aliphatic carbocycles. The molecule has 1 heterocycles. The van der Waals surface area contributed by atoms with E-state index in [9.17, 15) is 18.3 Å². The topological polar surface area (TPSA) is 50.9 Å². The minimum absolute atomic E-state index is 0.286. The summed E-state index contributed by atoms with van der Waals surface area (Å²) in [6.45, 7) is 3.19. The highest BCUT2D eigenvalue weighted by atomic mass is 19.4. The summed E-state index contributed by atoms with van der Waals surface area (Å²) in [5, 5.41) is 16.8. The molecule has 0 spiro atoms. The molecule has 0 saturated carbocycles. The standard InChI is InChI=1S/C12H12F3N3O/c1-7-3-4-9(12(13,14)15)5-11(7)18-6-10(8(2)19)16-17-18/h3-6,8,19H,1-2H3. The molecule has 1 unspecified atom stereocenters. The fourth-order valence-corrected chi connectivity index (χ4v) is 1.62. The third kappa shape index (κ3) is 2.76. The zero-order chi connectivity index (χ0) is 14.2. The van der Waals surface area contributed by atoms with E-state index in [0.29, 0.717) is 11.3 Å². The van der Waals surface area contributed by atoms with Crippen molar-refractivity contribution in [2.45, 2.75) is 26.1 Å². The normalized spacial score (nSPS) is 13.6. The van der Waals surface area contributed by atoms with Crippen molar-refractivity contribution < 1.29 is 18.3 Å². The quantitative estimate of drug-likeness (QED) is 0.913. The van der Waals surface area contributed by atoms with Crippen molar-refractivity contribution in [3.63, 3.8) is 0 Å². The van der Waals surface area contributed by atoms with E-state index < -0.39 is 17.8 Å². The van der Waals surface area contributed by atoms with Gasteiger partial charge in [0.1, 0.15) is 5.69 Å². The van der Waals surface area contributed by atoms with Gasteiger partial charge in [-0.1, -0.05) is 11.3 Å². The molecule has 0 saturated heterocycles. The van der Waals surface area contributed by atoms with Crippen LogP contribution in [0.3, 0.4) is 0 Å². The van der Waals surface area contributed by atoms with Crippen molar-refractivity contribution in [2.24, 2.45) is 0 Å². The summed E-state index contributed by atoms with van der Waals surface area (Å²) in [4.78, 5) is 0. The SMILES string of the molecule is Cc1ccc(C(F)(F)F)cc1-n1cc(C(C)O)nn1. The number of aliphatic hydroxyl groups excluding tert-OH is 1. The average molecular weight is 271 g/mol. The van der Waals surface area contributed by atoms with Crippen molar-refractivity contribution in [1.29, 1.82) is 0 Å². The van der Waals surface area contributed by atoms with Gasteiger partial charge in [-0.2, -0.15) is 13.2 Å². The van der Waals surface area contributed by atoms with E-state index in [4.69, 9.17) is 0 Å². The first kappa shape index (κ1) is 13.5. The first-order chi connectivity index (χ1) is 8.79. The van der Waals surface area contributed by atoms with Gasteiger partial charge in [0.05, 0.1) is 23.6 Å². The Morgan fingerprint density at radius 1 is 1.32 bits per heavy atom. The third-order valence-electron chi connectivity index (χ3n) is 2.72. The summed E-state index contributed by atoms with van der Waals surface area (Å²) in [5.41, 5.74) is 0.475. The highest BCUT2D eigenvalue weighted by Crippen LogP contribution is 2.31. The van der Waals surface area contributed by atoms with Crippen LogP contribution in [0.25, 0.3) is 5.69 Å². The highest BCUT2D eigenvalue weighted by Gasteiger charge is 2.31. The number of aryl methyl sites for hydroxylation is 1. The molecule has 1 atom stereocenters. The maximum atomic E-state index is 12.7. The molecule has 0 aliphatic heterocycles. The van der Waals surface area contributed by atoms with Crippen molar-refractivity contribution >= 4 is 0 Å². The van der Waals surface area contributed by atoms with E-state index in [-0.39, 0.29) is 5.69 Å². The molecule has 0 bridgehead atoms. The zero-order valence-electron chi connectivity index (χ0n) is 10.3. The van der Waals surface area contributed by atoms with E-state index >= 15 is 0 Å². The molecule has 19 heavy (non-hydrogen) atoms. The molecule has 0 aliphatic rings. The van der Waals surface area contributed by atoms with Crippen molar-refractivity contribution in [3.8, 4) is 5.69 Å². The number of halogens is 3. The molecule has 1 aromatic heterocycles. The van der Waals surface area contributed by atoms with Gasteiger partial charge in [-0.15, -0.1) is 5.10 Å². The molecule has 4 nitrogen and oxygen atoms in total. The van der Waals surface area contributed by atoms with E-state index in [1.807, 2.05) is 0 Å². The summed E-state index contributed by atoms with van der Waals surface area (Å²) in [6, 6.07) is 3.41. The number of rotatable bonds is 2. The summed E-state index contributed by atoms with van der Waals surface area (Å²) in [5.74, 6) is 0. The van der Waals surface area contributed by atoms with Gasteiger partial charge in [-0.25, -0.2) is 4.68 Å². The van der Waals surface area contributed by atoms with Crippen LogP contribution in [0.4, 0.5) is 13.2 Å². The molecule has 0 amide bonds. The predicted octanol–water partition coefficient (Wildman–Crippen LogP) is 2.65. The number of benzene rings is 1. The maximum absolute atomic E-state index is 12.7. The summed E-state index contributed by atoms with van der Waals surface area (Å²) >= 11 is 0. The largest absolute Gasteiger partial charge is 0.416 e. The first-order valence-corrected chi connectivity index (χ1v) is 5.57. The van der Waals surface area contributed by atoms with Crippen molar-refractivity contribution in [1.82, 2.24) is 15.0 Å². The van der Waals surface area contributed by atoms with Gasteiger partial charge >= 0.3 is 6.18 Å². The number of nitrogens with zero attached hydrogens (tertiary/aromatic N) is 3. The lowest BCUT2D eigenvalue weighted by molar-refractivity contribution is -0.137. The summed E-state index contributed by atoms with van der Waals surface area (Å²) in [7, 11) is 0. The van der Waals surface area contributed by atoms with Gasteiger partial charge in [0, 0.05) is 0 Å². The second-order valence-electron chi connectivity index (χ2n) is 4.26. The Balaban J connectivity index is 2.48. The van der Waals surface area contributed by atoms with E-state index in [1.165, 1.54) is 23.9 Å². The molecule has 0 radical (unpaired) electrons. The first-order valence-electron chi connectivity index (χ1n) is 5.57. The Bertz CT molecular complexity index is 590.